The lowest BCUT2D eigenvalue weighted by Gasteiger charge is -2.12. The molecule has 8 heteroatoms. The standard InChI is InChI=1S/C21H21N3O4S/c1-3-12-24-19(26)16-6-4-5-7-17(16)23-21(24)29-13-18(25)22-15-10-8-14(9-11-15)20(27)28-2/h4-11H,3,12-13H2,1-2H3,(H,22,25). The van der Waals surface area contributed by atoms with Gasteiger partial charge >= 0.3 is 5.97 Å². The minimum absolute atomic E-state index is 0.0984. The van der Waals surface area contributed by atoms with Gasteiger partial charge in [0, 0.05) is 12.2 Å². The number of rotatable bonds is 7. The number of hydrogen-bond acceptors (Lipinski definition) is 6. The van der Waals surface area contributed by atoms with E-state index < -0.39 is 5.97 Å². The first-order chi connectivity index (χ1) is 14.0. The Morgan fingerprint density at radius 2 is 1.86 bits per heavy atom. The Labute approximate surface area is 172 Å². The van der Waals surface area contributed by atoms with Crippen LogP contribution in [0.3, 0.4) is 0 Å². The molecule has 0 saturated carbocycles. The molecular formula is C21H21N3O4S. The van der Waals surface area contributed by atoms with Crippen molar-refractivity contribution in [1.82, 2.24) is 9.55 Å². The van der Waals surface area contributed by atoms with Gasteiger partial charge in [0.05, 0.1) is 29.3 Å². The topological polar surface area (TPSA) is 90.3 Å². The number of amides is 1. The molecule has 0 aliphatic rings. The van der Waals surface area contributed by atoms with E-state index in [0.29, 0.717) is 33.9 Å². The number of anilines is 1. The van der Waals surface area contributed by atoms with Gasteiger partial charge in [-0.3, -0.25) is 14.2 Å². The Hall–Kier alpha value is -3.13. The van der Waals surface area contributed by atoms with Crippen molar-refractivity contribution in [2.75, 3.05) is 18.2 Å². The zero-order valence-electron chi connectivity index (χ0n) is 16.2. The lowest BCUT2D eigenvalue weighted by Crippen LogP contribution is -2.24. The SMILES string of the molecule is CCCn1c(SCC(=O)Nc2ccc(C(=O)OC)cc2)nc2ccccc2c1=O. The second-order valence-corrected chi connectivity index (χ2v) is 7.22. The summed E-state index contributed by atoms with van der Waals surface area (Å²) in [5.74, 6) is -0.561. The third kappa shape index (κ3) is 4.83. The van der Waals surface area contributed by atoms with Crippen LogP contribution >= 0.6 is 11.8 Å². The van der Waals surface area contributed by atoms with E-state index in [4.69, 9.17) is 0 Å². The Kier molecular flexibility index (Phi) is 6.66. The average molecular weight is 411 g/mol. The molecule has 0 unspecified atom stereocenters. The predicted molar refractivity (Wildman–Crippen MR) is 113 cm³/mol. The van der Waals surface area contributed by atoms with Crippen LogP contribution in [0.25, 0.3) is 10.9 Å². The molecule has 0 aliphatic carbocycles. The summed E-state index contributed by atoms with van der Waals surface area (Å²) in [4.78, 5) is 41.1. The van der Waals surface area contributed by atoms with E-state index in [0.717, 1.165) is 6.42 Å². The predicted octanol–water partition coefficient (Wildman–Crippen LogP) is 3.32. The van der Waals surface area contributed by atoms with Crippen molar-refractivity contribution in [1.29, 1.82) is 0 Å². The van der Waals surface area contributed by atoms with Crippen molar-refractivity contribution in [3.8, 4) is 0 Å². The van der Waals surface area contributed by atoms with Crippen LogP contribution < -0.4 is 10.9 Å². The van der Waals surface area contributed by atoms with Crippen LogP contribution in [0.4, 0.5) is 5.69 Å². The Bertz CT molecular complexity index is 1090. The quantitative estimate of drug-likeness (QED) is 0.364. The average Bonchev–Trinajstić information content (AvgIpc) is 2.74. The van der Waals surface area contributed by atoms with Crippen molar-refractivity contribution in [3.63, 3.8) is 0 Å². The monoisotopic (exact) mass is 411 g/mol. The number of carbonyl (C=O) groups excluding carboxylic acids is 2. The summed E-state index contributed by atoms with van der Waals surface area (Å²) in [6.07, 6.45) is 0.784. The lowest BCUT2D eigenvalue weighted by atomic mass is 10.2. The van der Waals surface area contributed by atoms with Crippen LogP contribution in [0.15, 0.2) is 58.5 Å². The number of para-hydroxylation sites is 1. The minimum Gasteiger partial charge on any atom is -0.465 e. The number of nitrogens with zero attached hydrogens (tertiary/aromatic N) is 2. The molecule has 0 aliphatic heterocycles. The Morgan fingerprint density at radius 3 is 2.55 bits per heavy atom. The molecule has 0 fully saturated rings. The number of nitrogens with one attached hydrogen (secondary N) is 1. The van der Waals surface area contributed by atoms with Crippen molar-refractivity contribution in [2.24, 2.45) is 0 Å². The fourth-order valence-corrected chi connectivity index (χ4v) is 3.64. The number of ether oxygens (including phenoxy) is 1. The number of aromatic nitrogens is 2. The number of esters is 1. The van der Waals surface area contributed by atoms with Gasteiger partial charge in [0.1, 0.15) is 0 Å². The molecule has 2 aromatic carbocycles. The summed E-state index contributed by atoms with van der Waals surface area (Å²) in [6, 6.07) is 13.6. The highest BCUT2D eigenvalue weighted by atomic mass is 32.2. The van der Waals surface area contributed by atoms with E-state index in [1.165, 1.54) is 18.9 Å². The van der Waals surface area contributed by atoms with Gasteiger partial charge in [-0.15, -0.1) is 0 Å². The van der Waals surface area contributed by atoms with Gasteiger partial charge in [0.2, 0.25) is 5.91 Å². The third-order valence-electron chi connectivity index (χ3n) is 4.20. The normalized spacial score (nSPS) is 10.7. The number of fused-ring (bicyclic) bond motifs is 1. The molecule has 0 saturated heterocycles. The highest BCUT2D eigenvalue weighted by Crippen LogP contribution is 2.19. The van der Waals surface area contributed by atoms with Gasteiger partial charge < -0.3 is 10.1 Å². The maximum absolute atomic E-state index is 12.8. The molecule has 0 radical (unpaired) electrons. The second kappa shape index (κ2) is 9.38. The summed E-state index contributed by atoms with van der Waals surface area (Å²) >= 11 is 1.22. The largest absolute Gasteiger partial charge is 0.465 e. The summed E-state index contributed by atoms with van der Waals surface area (Å²) < 4.78 is 6.27. The van der Waals surface area contributed by atoms with Gasteiger partial charge in [0.25, 0.3) is 5.56 Å². The highest BCUT2D eigenvalue weighted by molar-refractivity contribution is 7.99. The van der Waals surface area contributed by atoms with Crippen LogP contribution in [0, 0.1) is 0 Å². The number of benzene rings is 2. The molecule has 0 spiro atoms. The van der Waals surface area contributed by atoms with E-state index in [1.54, 1.807) is 41.0 Å². The highest BCUT2D eigenvalue weighted by Gasteiger charge is 2.13. The molecule has 7 nitrogen and oxygen atoms in total. The van der Waals surface area contributed by atoms with E-state index in [9.17, 15) is 14.4 Å². The summed E-state index contributed by atoms with van der Waals surface area (Å²) in [5, 5.41) is 3.86. The van der Waals surface area contributed by atoms with Gasteiger partial charge in [0.15, 0.2) is 5.16 Å². The lowest BCUT2D eigenvalue weighted by molar-refractivity contribution is -0.113. The Morgan fingerprint density at radius 1 is 1.14 bits per heavy atom. The zero-order chi connectivity index (χ0) is 20.8. The van der Waals surface area contributed by atoms with E-state index in [2.05, 4.69) is 15.0 Å². The Balaban J connectivity index is 1.72. The number of methoxy groups -OCH3 is 1. The van der Waals surface area contributed by atoms with Crippen LogP contribution in [-0.2, 0) is 16.1 Å². The molecule has 0 bridgehead atoms. The van der Waals surface area contributed by atoms with E-state index in [-0.39, 0.29) is 17.2 Å². The molecule has 150 valence electrons. The van der Waals surface area contributed by atoms with Gasteiger partial charge in [-0.05, 0) is 42.8 Å². The zero-order valence-corrected chi connectivity index (χ0v) is 17.0. The van der Waals surface area contributed by atoms with Gasteiger partial charge in [-0.2, -0.15) is 0 Å². The molecule has 1 N–H and O–H groups in total. The first-order valence-electron chi connectivity index (χ1n) is 9.14. The molecule has 3 aromatic rings. The van der Waals surface area contributed by atoms with Crippen LogP contribution in [0.2, 0.25) is 0 Å². The van der Waals surface area contributed by atoms with E-state index >= 15 is 0 Å². The molecule has 1 aromatic heterocycles. The minimum atomic E-state index is -0.435. The van der Waals surface area contributed by atoms with Gasteiger partial charge in [-0.25, -0.2) is 9.78 Å². The van der Waals surface area contributed by atoms with Crippen LogP contribution in [0.1, 0.15) is 23.7 Å². The van der Waals surface area contributed by atoms with Crippen molar-refractivity contribution in [3.05, 3.63) is 64.4 Å². The molecule has 1 amide bonds. The second-order valence-electron chi connectivity index (χ2n) is 6.27. The molecule has 3 rings (SSSR count). The van der Waals surface area contributed by atoms with Crippen molar-refractivity contribution in [2.45, 2.75) is 25.0 Å². The van der Waals surface area contributed by atoms with Gasteiger partial charge in [-0.1, -0.05) is 30.8 Å². The number of carbonyl (C=O) groups is 2. The van der Waals surface area contributed by atoms with Crippen LogP contribution in [0.5, 0.6) is 0 Å². The maximum Gasteiger partial charge on any atom is 0.337 e. The first kappa shape index (κ1) is 20.6. The summed E-state index contributed by atoms with van der Waals surface area (Å²) in [6.45, 7) is 2.52. The molecular weight excluding hydrogens is 390 g/mol. The fraction of sp³-hybridized carbons (Fsp3) is 0.238. The number of hydrogen-bond donors (Lipinski definition) is 1. The number of thioether (sulfide) groups is 1. The van der Waals surface area contributed by atoms with Crippen molar-refractivity contribution >= 4 is 40.2 Å². The summed E-state index contributed by atoms with van der Waals surface area (Å²) in [7, 11) is 1.31. The molecule has 0 atom stereocenters. The smallest absolute Gasteiger partial charge is 0.337 e. The maximum atomic E-state index is 12.8. The third-order valence-corrected chi connectivity index (χ3v) is 5.17. The fourth-order valence-electron chi connectivity index (χ4n) is 2.81. The molecule has 29 heavy (non-hydrogen) atoms. The van der Waals surface area contributed by atoms with E-state index in [1.807, 2.05) is 19.1 Å². The summed E-state index contributed by atoms with van der Waals surface area (Å²) in [5.41, 5.74) is 1.49. The van der Waals surface area contributed by atoms with Crippen LogP contribution in [-0.4, -0.2) is 34.3 Å². The molecule has 1 heterocycles. The first-order valence-corrected chi connectivity index (χ1v) is 10.1. The van der Waals surface area contributed by atoms with Crippen molar-refractivity contribution < 1.29 is 14.3 Å².